The van der Waals surface area contributed by atoms with Gasteiger partial charge in [-0.3, -0.25) is 19.2 Å². The van der Waals surface area contributed by atoms with Crippen molar-refractivity contribution < 1.29 is 23.9 Å². The molecule has 34 heavy (non-hydrogen) atoms. The molecule has 2 aliphatic heterocycles. The molecule has 3 amide bonds. The van der Waals surface area contributed by atoms with E-state index in [1.165, 1.54) is 4.90 Å². The zero-order chi connectivity index (χ0) is 23.6. The maximum absolute atomic E-state index is 13.1. The number of imide groups is 1. The number of carbonyl (C=O) groups excluding carboxylic acids is 4. The van der Waals surface area contributed by atoms with E-state index in [0.717, 1.165) is 30.5 Å². The molecule has 2 aromatic carbocycles. The van der Waals surface area contributed by atoms with E-state index in [4.69, 9.17) is 4.74 Å². The van der Waals surface area contributed by atoms with Crippen LogP contribution in [-0.4, -0.2) is 30.2 Å². The number of carbonyl (C=O) groups is 4. The zero-order valence-electron chi connectivity index (χ0n) is 19.0. The molecule has 2 aromatic rings. The van der Waals surface area contributed by atoms with Gasteiger partial charge in [-0.1, -0.05) is 18.2 Å². The molecule has 2 aliphatic carbocycles. The Morgan fingerprint density at radius 3 is 2.29 bits per heavy atom. The minimum absolute atomic E-state index is 0.0850. The van der Waals surface area contributed by atoms with Gasteiger partial charge in [-0.15, -0.1) is 0 Å². The van der Waals surface area contributed by atoms with E-state index in [0.29, 0.717) is 17.5 Å². The van der Waals surface area contributed by atoms with Crippen LogP contribution >= 0.6 is 0 Å². The van der Waals surface area contributed by atoms with Crippen LogP contribution in [0.5, 0.6) is 5.75 Å². The van der Waals surface area contributed by atoms with Crippen LogP contribution in [0.3, 0.4) is 0 Å². The number of benzene rings is 2. The summed E-state index contributed by atoms with van der Waals surface area (Å²) in [7, 11) is 0. The molecule has 0 aromatic heterocycles. The van der Waals surface area contributed by atoms with Crippen LogP contribution < -0.4 is 14.5 Å². The van der Waals surface area contributed by atoms with Gasteiger partial charge in [-0.25, -0.2) is 4.90 Å². The van der Waals surface area contributed by atoms with E-state index in [1.807, 2.05) is 31.2 Å². The molecule has 5 atom stereocenters. The average Bonchev–Trinajstić information content (AvgIpc) is 3.57. The van der Waals surface area contributed by atoms with Gasteiger partial charge in [0.05, 0.1) is 23.4 Å². The Kier molecular flexibility index (Phi) is 4.83. The van der Waals surface area contributed by atoms with Gasteiger partial charge in [0.1, 0.15) is 5.75 Å². The van der Waals surface area contributed by atoms with Crippen molar-refractivity contribution in [1.29, 1.82) is 0 Å². The van der Waals surface area contributed by atoms with Crippen LogP contribution in [0.15, 0.2) is 48.5 Å². The Morgan fingerprint density at radius 2 is 1.59 bits per heavy atom. The summed E-state index contributed by atoms with van der Waals surface area (Å²) >= 11 is 0. The third-order valence-corrected chi connectivity index (χ3v) is 7.99. The summed E-state index contributed by atoms with van der Waals surface area (Å²) in [4.78, 5) is 54.5. The fourth-order valence-electron chi connectivity index (χ4n) is 6.46. The molecule has 4 fully saturated rings. The summed E-state index contributed by atoms with van der Waals surface area (Å²) in [6, 6.07) is 14.2. The number of hydrogen-bond acceptors (Lipinski definition) is 5. The van der Waals surface area contributed by atoms with Crippen LogP contribution in [-0.2, 0) is 19.2 Å². The van der Waals surface area contributed by atoms with Gasteiger partial charge >= 0.3 is 5.97 Å². The molecule has 2 heterocycles. The lowest BCUT2D eigenvalue weighted by Crippen LogP contribution is -2.32. The lowest BCUT2D eigenvalue weighted by Gasteiger charge is -2.19. The highest BCUT2D eigenvalue weighted by atomic mass is 16.5. The predicted octanol–water partition coefficient (Wildman–Crippen LogP) is 3.49. The van der Waals surface area contributed by atoms with Crippen molar-refractivity contribution in [2.24, 2.45) is 29.6 Å². The molecule has 6 rings (SSSR count). The molecule has 7 heteroatoms. The van der Waals surface area contributed by atoms with Gasteiger partial charge in [0.2, 0.25) is 17.7 Å². The summed E-state index contributed by atoms with van der Waals surface area (Å²) < 4.78 is 5.61. The normalized spacial score (nSPS) is 29.8. The first-order valence-corrected chi connectivity index (χ1v) is 12.0. The second-order valence-electron chi connectivity index (χ2n) is 10.1. The van der Waals surface area contributed by atoms with Gasteiger partial charge in [-0.05, 0) is 67.9 Å². The molecule has 2 saturated heterocycles. The second kappa shape index (κ2) is 7.79. The third-order valence-electron chi connectivity index (χ3n) is 7.99. The molecule has 0 unspecified atom stereocenters. The number of esters is 1. The lowest BCUT2D eigenvalue weighted by molar-refractivity contribution is -0.139. The molecular formula is C27H26N2O5. The van der Waals surface area contributed by atoms with Gasteiger partial charge in [0.15, 0.2) is 0 Å². The van der Waals surface area contributed by atoms with E-state index in [-0.39, 0.29) is 48.3 Å². The van der Waals surface area contributed by atoms with E-state index in [1.54, 1.807) is 29.2 Å². The fraction of sp³-hybridized carbons (Fsp3) is 0.407. The minimum atomic E-state index is -0.582. The summed E-state index contributed by atoms with van der Waals surface area (Å²) in [5.74, 6) is -0.940. The number of fused-ring (bicyclic) bond motifs is 5. The highest BCUT2D eigenvalue weighted by Gasteiger charge is 2.61. The maximum Gasteiger partial charge on any atom is 0.316 e. The van der Waals surface area contributed by atoms with Crippen LogP contribution in [0, 0.1) is 36.5 Å². The van der Waals surface area contributed by atoms with Crippen molar-refractivity contribution in [1.82, 2.24) is 0 Å². The first-order chi connectivity index (χ1) is 16.4. The lowest BCUT2D eigenvalue weighted by atomic mass is 9.81. The number of rotatable bonds is 4. The number of aryl methyl sites for hydroxylation is 1. The average molecular weight is 459 g/mol. The molecule has 4 aliphatic rings. The number of hydrogen-bond donors (Lipinski definition) is 0. The molecule has 0 N–H and O–H groups in total. The van der Waals surface area contributed by atoms with E-state index in [2.05, 4.69) is 0 Å². The topological polar surface area (TPSA) is 84.0 Å². The smallest absolute Gasteiger partial charge is 0.316 e. The maximum atomic E-state index is 13.1. The van der Waals surface area contributed by atoms with Crippen molar-refractivity contribution >= 4 is 35.1 Å². The first-order valence-electron chi connectivity index (χ1n) is 12.0. The van der Waals surface area contributed by atoms with Crippen LogP contribution in [0.1, 0.15) is 31.2 Å². The Labute approximate surface area is 197 Å². The molecule has 0 radical (unpaired) electrons. The van der Waals surface area contributed by atoms with Gasteiger partial charge < -0.3 is 9.64 Å². The Hall–Kier alpha value is -3.48. The zero-order valence-corrected chi connectivity index (χ0v) is 19.0. The Bertz CT molecular complexity index is 1200. The van der Waals surface area contributed by atoms with Crippen molar-refractivity contribution in [2.75, 3.05) is 16.3 Å². The van der Waals surface area contributed by atoms with Gasteiger partial charge in [-0.2, -0.15) is 0 Å². The SMILES string of the molecule is Cc1cccc(N2C[C@@H](C(=O)Oc3cccc(N4C(=O)[C@@H]5[C@H]6CC[C@@H](C6)[C@@H]5C4=O)c3)CC2=O)c1. The standard InChI is InChI=1S/C27H26N2O5/c1-15-4-2-5-19(10-15)28-14-18(12-22(28)30)27(33)34-21-7-3-6-20(13-21)29-25(31)23-16-8-9-17(11-16)24(23)26(29)32/h2-7,10,13,16-18,23-24H,8-9,11-12,14H2,1H3/t16-,17-,18-,23-,24+/m0/s1. The van der Waals surface area contributed by atoms with Gasteiger partial charge in [0.25, 0.3) is 0 Å². The van der Waals surface area contributed by atoms with E-state index in [9.17, 15) is 19.2 Å². The minimum Gasteiger partial charge on any atom is -0.426 e. The van der Waals surface area contributed by atoms with Crippen LogP contribution in [0.2, 0.25) is 0 Å². The number of ether oxygens (including phenoxy) is 1. The molecule has 2 bridgehead atoms. The highest BCUT2D eigenvalue weighted by molar-refractivity contribution is 6.22. The predicted molar refractivity (Wildman–Crippen MR) is 124 cm³/mol. The van der Waals surface area contributed by atoms with Crippen molar-refractivity contribution in [3.8, 4) is 5.75 Å². The highest BCUT2D eigenvalue weighted by Crippen LogP contribution is 2.56. The Balaban J connectivity index is 1.17. The molecule has 0 spiro atoms. The summed E-state index contributed by atoms with van der Waals surface area (Å²) in [6.07, 6.45) is 3.12. The monoisotopic (exact) mass is 458 g/mol. The largest absolute Gasteiger partial charge is 0.426 e. The van der Waals surface area contributed by atoms with Crippen molar-refractivity contribution in [2.45, 2.75) is 32.6 Å². The van der Waals surface area contributed by atoms with E-state index < -0.39 is 11.9 Å². The second-order valence-corrected chi connectivity index (χ2v) is 10.1. The quantitative estimate of drug-likeness (QED) is 0.398. The van der Waals surface area contributed by atoms with E-state index >= 15 is 0 Å². The molecule has 2 saturated carbocycles. The molecule has 7 nitrogen and oxygen atoms in total. The molecular weight excluding hydrogens is 432 g/mol. The fourth-order valence-corrected chi connectivity index (χ4v) is 6.46. The Morgan fingerprint density at radius 1 is 0.912 bits per heavy atom. The van der Waals surface area contributed by atoms with Crippen molar-refractivity contribution in [3.05, 3.63) is 54.1 Å². The first kappa shape index (κ1) is 21.1. The van der Waals surface area contributed by atoms with Crippen LogP contribution in [0.25, 0.3) is 0 Å². The number of nitrogens with zero attached hydrogens (tertiary/aromatic N) is 2. The number of anilines is 2. The molecule has 174 valence electrons. The summed E-state index contributed by atoms with van der Waals surface area (Å²) in [6.45, 7) is 2.21. The summed E-state index contributed by atoms with van der Waals surface area (Å²) in [5, 5.41) is 0. The van der Waals surface area contributed by atoms with Gasteiger partial charge in [0, 0.05) is 24.7 Å². The number of amides is 3. The summed E-state index contributed by atoms with van der Waals surface area (Å²) in [5.41, 5.74) is 2.25. The third kappa shape index (κ3) is 3.25. The van der Waals surface area contributed by atoms with Crippen molar-refractivity contribution in [3.63, 3.8) is 0 Å². The van der Waals surface area contributed by atoms with Crippen LogP contribution in [0.4, 0.5) is 11.4 Å².